The molecule has 8 nitrogen and oxygen atoms in total. The Bertz CT molecular complexity index is 710. The van der Waals surface area contributed by atoms with Crippen molar-refractivity contribution >= 4 is 5.91 Å². The first-order valence-electron chi connectivity index (χ1n) is 10.1. The molecule has 0 aromatic heterocycles. The minimum Gasteiger partial charge on any atom is -0.461 e. The van der Waals surface area contributed by atoms with Gasteiger partial charge in [-0.05, 0) is 25.3 Å². The van der Waals surface area contributed by atoms with Crippen LogP contribution in [0.15, 0.2) is 24.3 Å². The quantitative estimate of drug-likeness (QED) is 0.537. The zero-order valence-corrected chi connectivity index (χ0v) is 16.9. The van der Waals surface area contributed by atoms with Gasteiger partial charge in [-0.3, -0.25) is 4.79 Å². The number of aliphatic hydroxyl groups excluding tert-OH is 3. The van der Waals surface area contributed by atoms with Gasteiger partial charge in [-0.1, -0.05) is 31.5 Å². The molecule has 0 aliphatic carbocycles. The van der Waals surface area contributed by atoms with Crippen LogP contribution in [0.1, 0.15) is 38.7 Å². The van der Waals surface area contributed by atoms with Gasteiger partial charge in [0.1, 0.15) is 24.1 Å². The number of hydrogen-bond acceptors (Lipinski definition) is 7. The molecule has 162 valence electrons. The highest BCUT2D eigenvalue weighted by molar-refractivity contribution is 5.77. The minimum atomic E-state index is -1.90. The number of aliphatic hydroxyl groups is 4. The zero-order chi connectivity index (χ0) is 21.2. The maximum atomic E-state index is 12.5. The first kappa shape index (κ1) is 22.0. The molecule has 4 N–H and O–H groups in total. The Balaban J connectivity index is 1.76. The fourth-order valence-corrected chi connectivity index (χ4v) is 3.89. The molecule has 2 heterocycles. The van der Waals surface area contributed by atoms with Crippen molar-refractivity contribution in [2.24, 2.45) is 5.92 Å². The summed E-state index contributed by atoms with van der Waals surface area (Å²) in [4.78, 5) is 14.3. The maximum Gasteiger partial charge on any atom is 0.231 e. The molecular weight excluding hydrogens is 378 g/mol. The smallest absolute Gasteiger partial charge is 0.231 e. The van der Waals surface area contributed by atoms with Crippen LogP contribution >= 0.6 is 0 Å². The molecule has 2 saturated heterocycles. The van der Waals surface area contributed by atoms with E-state index in [1.807, 2.05) is 12.1 Å². The molecule has 6 atom stereocenters. The molecule has 2 aliphatic rings. The monoisotopic (exact) mass is 409 g/mol. The van der Waals surface area contributed by atoms with Crippen molar-refractivity contribution in [1.82, 2.24) is 4.90 Å². The number of likely N-dealkylation sites (tertiary alicyclic amines) is 1. The third kappa shape index (κ3) is 4.57. The second kappa shape index (κ2) is 8.97. The first-order chi connectivity index (χ1) is 13.8. The van der Waals surface area contributed by atoms with Gasteiger partial charge in [-0.2, -0.15) is 0 Å². The van der Waals surface area contributed by atoms with E-state index in [0.29, 0.717) is 31.2 Å². The van der Waals surface area contributed by atoms with Crippen LogP contribution in [-0.4, -0.2) is 74.6 Å². The molecule has 3 rings (SSSR count). The van der Waals surface area contributed by atoms with E-state index in [2.05, 4.69) is 6.92 Å². The molecule has 8 heteroatoms. The molecule has 0 radical (unpaired) electrons. The van der Waals surface area contributed by atoms with Gasteiger partial charge in [0, 0.05) is 25.1 Å². The number of carbonyl (C=O) groups excluding carboxylic acids is 1. The largest absolute Gasteiger partial charge is 0.461 e. The Morgan fingerprint density at radius 1 is 1.31 bits per heavy atom. The van der Waals surface area contributed by atoms with Gasteiger partial charge in [-0.15, -0.1) is 0 Å². The highest BCUT2D eigenvalue weighted by Crippen LogP contribution is 2.33. The maximum absolute atomic E-state index is 12.5. The number of amides is 1. The van der Waals surface area contributed by atoms with Crippen LogP contribution < -0.4 is 4.74 Å². The average molecular weight is 409 g/mol. The number of benzene rings is 1. The summed E-state index contributed by atoms with van der Waals surface area (Å²) in [5.74, 6) is 0.945. The van der Waals surface area contributed by atoms with E-state index < -0.39 is 36.8 Å². The lowest BCUT2D eigenvalue weighted by Gasteiger charge is -2.46. The van der Waals surface area contributed by atoms with Gasteiger partial charge in [0.15, 0.2) is 5.60 Å². The summed E-state index contributed by atoms with van der Waals surface area (Å²) < 4.78 is 11.4. The molecular formula is C21H31NO7. The van der Waals surface area contributed by atoms with E-state index in [9.17, 15) is 25.2 Å². The molecule has 1 aromatic carbocycles. The summed E-state index contributed by atoms with van der Waals surface area (Å²) in [6, 6.07) is 7.13. The van der Waals surface area contributed by atoms with Gasteiger partial charge >= 0.3 is 0 Å². The summed E-state index contributed by atoms with van der Waals surface area (Å²) in [7, 11) is 0. The third-order valence-corrected chi connectivity index (χ3v) is 6.03. The fourth-order valence-electron chi connectivity index (χ4n) is 3.89. The number of piperidine rings is 1. The number of ether oxygens (including phenoxy) is 2. The van der Waals surface area contributed by atoms with Crippen LogP contribution in [-0.2, 0) is 16.1 Å². The molecule has 29 heavy (non-hydrogen) atoms. The number of rotatable bonds is 6. The van der Waals surface area contributed by atoms with Crippen molar-refractivity contribution in [3.8, 4) is 5.75 Å². The average Bonchev–Trinajstić information content (AvgIpc) is 2.71. The molecule has 0 spiro atoms. The van der Waals surface area contributed by atoms with Crippen LogP contribution in [0.3, 0.4) is 0 Å². The third-order valence-electron chi connectivity index (χ3n) is 6.03. The van der Waals surface area contributed by atoms with Crippen molar-refractivity contribution < 1.29 is 34.7 Å². The van der Waals surface area contributed by atoms with Crippen molar-refractivity contribution in [2.75, 3.05) is 13.2 Å². The second-order valence-corrected chi connectivity index (χ2v) is 8.16. The molecule has 1 aromatic rings. The molecule has 2 fully saturated rings. The normalized spacial score (nSPS) is 35.6. The number of hydrogen-bond donors (Lipinski definition) is 4. The minimum absolute atomic E-state index is 0.109. The van der Waals surface area contributed by atoms with Crippen LogP contribution in [0.25, 0.3) is 0 Å². The van der Waals surface area contributed by atoms with Gasteiger partial charge in [0.2, 0.25) is 12.2 Å². The lowest BCUT2D eigenvalue weighted by atomic mass is 9.88. The van der Waals surface area contributed by atoms with E-state index in [0.717, 1.165) is 18.4 Å². The predicted octanol–water partition coefficient (Wildman–Crippen LogP) is 0.404. The first-order valence-corrected chi connectivity index (χ1v) is 10.1. The van der Waals surface area contributed by atoms with Crippen LogP contribution in [0.4, 0.5) is 0 Å². The van der Waals surface area contributed by atoms with E-state index in [1.54, 1.807) is 17.0 Å². The topological polar surface area (TPSA) is 120 Å². The number of nitrogens with zero attached hydrogens (tertiary/aromatic N) is 1. The molecule has 1 amide bonds. The Labute approximate surface area is 170 Å². The summed E-state index contributed by atoms with van der Waals surface area (Å²) in [6.07, 6.45) is -2.88. The summed E-state index contributed by atoms with van der Waals surface area (Å²) >= 11 is 0. The Hall–Kier alpha value is -1.71. The van der Waals surface area contributed by atoms with E-state index >= 15 is 0 Å². The Morgan fingerprint density at radius 3 is 2.69 bits per heavy atom. The lowest BCUT2D eigenvalue weighted by Crippen LogP contribution is -2.66. The molecule has 2 aliphatic heterocycles. The fraction of sp³-hybridized carbons (Fsp3) is 0.667. The van der Waals surface area contributed by atoms with Crippen molar-refractivity contribution in [3.05, 3.63) is 29.8 Å². The predicted molar refractivity (Wildman–Crippen MR) is 104 cm³/mol. The zero-order valence-electron chi connectivity index (χ0n) is 16.9. The van der Waals surface area contributed by atoms with Crippen molar-refractivity contribution in [1.29, 1.82) is 0 Å². The molecule has 0 bridgehead atoms. The standard InChI is InChI=1S/C21H31NO7/c1-3-13-8-9-22(17(24)10-13)11-14-6-4-5-7-15(14)28-20-21(2,27)19(26)18(25)16(12-23)29-20/h4-7,13,16,18-20,23,25-27H,3,8-12H2,1-2H3/t13?,16-,18-,19+,20-,21+/m1/s1. The highest BCUT2D eigenvalue weighted by atomic mass is 16.7. The lowest BCUT2D eigenvalue weighted by molar-refractivity contribution is -0.315. The van der Waals surface area contributed by atoms with Crippen molar-refractivity contribution in [2.45, 2.75) is 69.9 Å². The van der Waals surface area contributed by atoms with Crippen LogP contribution in [0, 0.1) is 5.92 Å². The van der Waals surface area contributed by atoms with E-state index in [-0.39, 0.29) is 5.91 Å². The number of carbonyl (C=O) groups is 1. The van der Waals surface area contributed by atoms with Crippen molar-refractivity contribution in [3.63, 3.8) is 0 Å². The summed E-state index contributed by atoms with van der Waals surface area (Å²) in [5.41, 5.74) is -1.15. The Morgan fingerprint density at radius 2 is 2.03 bits per heavy atom. The van der Waals surface area contributed by atoms with Crippen LogP contribution in [0.5, 0.6) is 5.75 Å². The highest BCUT2D eigenvalue weighted by Gasteiger charge is 2.53. The Kier molecular flexibility index (Phi) is 6.80. The SMILES string of the molecule is CCC1CCN(Cc2ccccc2O[C@@H]2O[C@H](CO)[C@@H](O)[C@H](O)[C@]2(C)O)C(=O)C1. The summed E-state index contributed by atoms with van der Waals surface area (Å²) in [5, 5.41) is 40.3. The van der Waals surface area contributed by atoms with Gasteiger partial charge in [-0.25, -0.2) is 0 Å². The van der Waals surface area contributed by atoms with Gasteiger partial charge in [0.25, 0.3) is 0 Å². The van der Waals surface area contributed by atoms with E-state index in [1.165, 1.54) is 6.92 Å². The van der Waals surface area contributed by atoms with Gasteiger partial charge < -0.3 is 34.8 Å². The molecule has 1 unspecified atom stereocenters. The second-order valence-electron chi connectivity index (χ2n) is 8.16. The van der Waals surface area contributed by atoms with Crippen LogP contribution in [0.2, 0.25) is 0 Å². The molecule has 0 saturated carbocycles. The number of para-hydroxylation sites is 1. The summed E-state index contributed by atoms with van der Waals surface area (Å²) in [6.45, 7) is 3.92. The van der Waals surface area contributed by atoms with Gasteiger partial charge in [0.05, 0.1) is 6.61 Å². The van der Waals surface area contributed by atoms with E-state index in [4.69, 9.17) is 9.47 Å².